The van der Waals surface area contributed by atoms with Gasteiger partial charge >= 0.3 is 0 Å². The van der Waals surface area contributed by atoms with Crippen molar-refractivity contribution in [3.05, 3.63) is 62.8 Å². The Kier molecular flexibility index (Phi) is 5.79. The van der Waals surface area contributed by atoms with Gasteiger partial charge in [-0.05, 0) is 63.9 Å². The van der Waals surface area contributed by atoms with Gasteiger partial charge < -0.3 is 4.98 Å². The summed E-state index contributed by atoms with van der Waals surface area (Å²) >= 11 is 0. The highest BCUT2D eigenvalue weighted by Gasteiger charge is 2.27. The molecule has 3 heterocycles. The smallest absolute Gasteiger partial charge is 0.254 e. The summed E-state index contributed by atoms with van der Waals surface area (Å²) in [7, 11) is 0. The van der Waals surface area contributed by atoms with E-state index in [1.165, 1.54) is 12.1 Å². The van der Waals surface area contributed by atoms with Crippen LogP contribution in [0.1, 0.15) is 55.3 Å². The number of nitrogens with zero attached hydrogens (tertiary/aromatic N) is 3. The molecule has 7 heteroatoms. The lowest BCUT2D eigenvalue weighted by Gasteiger charge is -2.33. The van der Waals surface area contributed by atoms with Crippen LogP contribution in [0.15, 0.2) is 23.0 Å². The van der Waals surface area contributed by atoms with Crippen molar-refractivity contribution in [3.63, 3.8) is 0 Å². The number of nitrogens with one attached hydrogen (secondary N) is 1. The normalized spacial score (nSPS) is 18.9. The summed E-state index contributed by atoms with van der Waals surface area (Å²) in [5, 5.41) is 0. The van der Waals surface area contributed by atoms with E-state index in [4.69, 9.17) is 4.98 Å². The molecule has 5 nitrogen and oxygen atoms in total. The maximum Gasteiger partial charge on any atom is 0.254 e. The summed E-state index contributed by atoms with van der Waals surface area (Å²) < 4.78 is 26.5. The predicted octanol–water partition coefficient (Wildman–Crippen LogP) is 3.19. The number of aromatic nitrogens is 2. The van der Waals surface area contributed by atoms with Crippen molar-refractivity contribution in [2.45, 2.75) is 58.2 Å². The summed E-state index contributed by atoms with van der Waals surface area (Å²) in [4.78, 5) is 25.1. The molecule has 2 aromatic rings. The van der Waals surface area contributed by atoms with Gasteiger partial charge in [0.15, 0.2) is 11.6 Å². The fourth-order valence-corrected chi connectivity index (χ4v) is 4.37. The summed E-state index contributed by atoms with van der Waals surface area (Å²) in [5.41, 5.74) is 2.54. The van der Waals surface area contributed by atoms with E-state index in [0.717, 1.165) is 68.1 Å². The monoisotopic (exact) mass is 402 g/mol. The molecule has 29 heavy (non-hydrogen) atoms. The van der Waals surface area contributed by atoms with E-state index < -0.39 is 11.6 Å². The summed E-state index contributed by atoms with van der Waals surface area (Å²) in [6.07, 6.45) is 2.53. The maximum absolute atomic E-state index is 13.4. The Morgan fingerprint density at radius 3 is 2.62 bits per heavy atom. The van der Waals surface area contributed by atoms with E-state index in [1.54, 1.807) is 6.07 Å². The molecule has 1 aromatic heterocycles. The van der Waals surface area contributed by atoms with Crippen LogP contribution in [-0.2, 0) is 19.5 Å². The number of fused-ring (bicyclic) bond motifs is 1. The second-order valence-corrected chi connectivity index (χ2v) is 8.49. The average Bonchev–Trinajstić information content (AvgIpc) is 2.71. The zero-order valence-corrected chi connectivity index (χ0v) is 17.0. The van der Waals surface area contributed by atoms with Crippen molar-refractivity contribution in [2.24, 2.45) is 0 Å². The van der Waals surface area contributed by atoms with E-state index >= 15 is 0 Å². The molecular formula is C22H28F2N4O. The van der Waals surface area contributed by atoms with Crippen molar-refractivity contribution in [3.8, 4) is 0 Å². The molecule has 0 saturated carbocycles. The van der Waals surface area contributed by atoms with Gasteiger partial charge in [-0.25, -0.2) is 13.8 Å². The predicted molar refractivity (Wildman–Crippen MR) is 108 cm³/mol. The highest BCUT2D eigenvalue weighted by Crippen LogP contribution is 2.27. The molecule has 0 bridgehead atoms. The van der Waals surface area contributed by atoms with Crippen LogP contribution in [0.4, 0.5) is 8.78 Å². The highest BCUT2D eigenvalue weighted by molar-refractivity contribution is 5.22. The lowest BCUT2D eigenvalue weighted by Crippen LogP contribution is -2.40. The molecule has 2 aliphatic heterocycles. The van der Waals surface area contributed by atoms with E-state index in [2.05, 4.69) is 28.6 Å². The maximum atomic E-state index is 13.4. The quantitative estimate of drug-likeness (QED) is 0.853. The Morgan fingerprint density at radius 2 is 1.93 bits per heavy atom. The topological polar surface area (TPSA) is 52.2 Å². The second-order valence-electron chi connectivity index (χ2n) is 8.49. The van der Waals surface area contributed by atoms with E-state index in [1.807, 2.05) is 0 Å². The largest absolute Gasteiger partial charge is 0.310 e. The van der Waals surface area contributed by atoms with Gasteiger partial charge in [0.1, 0.15) is 5.82 Å². The number of H-pyrrole nitrogens is 1. The number of aromatic amines is 1. The van der Waals surface area contributed by atoms with Gasteiger partial charge in [0, 0.05) is 37.2 Å². The van der Waals surface area contributed by atoms with Gasteiger partial charge in [-0.2, -0.15) is 0 Å². The van der Waals surface area contributed by atoms with Crippen LogP contribution in [0.3, 0.4) is 0 Å². The highest BCUT2D eigenvalue weighted by atomic mass is 19.2. The molecule has 0 aliphatic carbocycles. The van der Waals surface area contributed by atoms with Crippen LogP contribution in [0.25, 0.3) is 0 Å². The molecule has 1 saturated heterocycles. The molecule has 1 aromatic carbocycles. The molecule has 4 rings (SSSR count). The van der Waals surface area contributed by atoms with Gasteiger partial charge in [-0.1, -0.05) is 6.07 Å². The van der Waals surface area contributed by atoms with Crippen LogP contribution in [0.5, 0.6) is 0 Å². The summed E-state index contributed by atoms with van der Waals surface area (Å²) in [6.45, 7) is 8.24. The van der Waals surface area contributed by atoms with Crippen LogP contribution in [0, 0.1) is 11.6 Å². The average molecular weight is 402 g/mol. The number of hydrogen-bond acceptors (Lipinski definition) is 4. The second kappa shape index (κ2) is 8.32. The molecule has 156 valence electrons. The number of likely N-dealkylation sites (tertiary alicyclic amines) is 1. The number of piperidine rings is 1. The first kappa shape index (κ1) is 20.2. The summed E-state index contributed by atoms with van der Waals surface area (Å²) in [6, 6.07) is 4.52. The van der Waals surface area contributed by atoms with Gasteiger partial charge in [0.2, 0.25) is 0 Å². The number of rotatable bonds is 4. The molecule has 1 N–H and O–H groups in total. The molecule has 0 spiro atoms. The van der Waals surface area contributed by atoms with Crippen molar-refractivity contribution in [2.75, 3.05) is 19.6 Å². The van der Waals surface area contributed by atoms with Gasteiger partial charge in [0.05, 0.1) is 5.69 Å². The Morgan fingerprint density at radius 1 is 1.17 bits per heavy atom. The Hall–Kier alpha value is -2.12. The lowest BCUT2D eigenvalue weighted by atomic mass is 9.95. The number of halogens is 2. The Bertz CT molecular complexity index is 935. The first-order valence-corrected chi connectivity index (χ1v) is 10.4. The zero-order valence-electron chi connectivity index (χ0n) is 17.0. The first-order valence-electron chi connectivity index (χ1n) is 10.4. The van der Waals surface area contributed by atoms with Crippen LogP contribution >= 0.6 is 0 Å². The van der Waals surface area contributed by atoms with Crippen LogP contribution < -0.4 is 5.56 Å². The van der Waals surface area contributed by atoms with Crippen LogP contribution in [0.2, 0.25) is 0 Å². The van der Waals surface area contributed by atoms with Crippen molar-refractivity contribution >= 4 is 0 Å². The summed E-state index contributed by atoms with van der Waals surface area (Å²) in [5.74, 6) is -0.593. The van der Waals surface area contributed by atoms with Crippen molar-refractivity contribution < 1.29 is 8.78 Å². The third kappa shape index (κ3) is 4.41. The third-order valence-corrected chi connectivity index (χ3v) is 6.22. The molecule has 0 amide bonds. The minimum atomic E-state index is -0.814. The van der Waals surface area contributed by atoms with Crippen LogP contribution in [-0.4, -0.2) is 45.4 Å². The molecule has 2 aliphatic rings. The minimum Gasteiger partial charge on any atom is -0.310 e. The molecular weight excluding hydrogens is 374 g/mol. The Balaban J connectivity index is 1.42. The lowest BCUT2D eigenvalue weighted by molar-refractivity contribution is 0.193. The molecule has 0 radical (unpaired) electrons. The van der Waals surface area contributed by atoms with Gasteiger partial charge in [0.25, 0.3) is 5.56 Å². The van der Waals surface area contributed by atoms with Gasteiger partial charge in [-0.3, -0.25) is 14.6 Å². The zero-order chi connectivity index (χ0) is 20.5. The minimum absolute atomic E-state index is 0.0117. The first-order chi connectivity index (χ1) is 13.9. The standard InChI is InChI=1S/C22H28F2N4O/c1-14(2)28-10-7-17-20(13-28)25-21(26-22(17)29)16-5-8-27(9-6-16)12-15-3-4-18(23)19(24)11-15/h3-4,11,14,16H,5-10,12-13H2,1-2H3,(H,25,26,29). The number of benzene rings is 1. The Labute approximate surface area is 169 Å². The molecule has 0 unspecified atom stereocenters. The molecule has 0 atom stereocenters. The fraction of sp³-hybridized carbons (Fsp3) is 0.545. The van der Waals surface area contributed by atoms with E-state index in [9.17, 15) is 13.6 Å². The fourth-order valence-electron chi connectivity index (χ4n) is 4.37. The van der Waals surface area contributed by atoms with Gasteiger partial charge in [-0.15, -0.1) is 0 Å². The molecule has 1 fully saturated rings. The number of hydrogen-bond donors (Lipinski definition) is 1. The van der Waals surface area contributed by atoms with Crippen molar-refractivity contribution in [1.29, 1.82) is 0 Å². The SMILES string of the molecule is CC(C)N1CCc2c(nc(C3CCN(Cc4ccc(F)c(F)c4)CC3)[nH]c2=O)C1. The van der Waals surface area contributed by atoms with E-state index in [0.29, 0.717) is 12.6 Å². The third-order valence-electron chi connectivity index (χ3n) is 6.22. The van der Waals surface area contributed by atoms with Crippen molar-refractivity contribution in [1.82, 2.24) is 19.8 Å². The van der Waals surface area contributed by atoms with E-state index in [-0.39, 0.29) is 11.5 Å².